The molecule has 4 heterocycles. The SMILES string of the molecule is Nc1nc(C(=NOCc2ccccc2)C(=O)NC2C(=O)N3C(C(=O)O)=C(CSc4nncs4)CS[C@@H]23)ns1. The summed E-state index contributed by atoms with van der Waals surface area (Å²) in [5, 5.41) is 23.7. The Morgan fingerprint density at radius 1 is 1.32 bits per heavy atom. The van der Waals surface area contributed by atoms with Crippen LogP contribution in [0.3, 0.4) is 0 Å². The van der Waals surface area contributed by atoms with Gasteiger partial charge in [0.05, 0.1) is 0 Å². The van der Waals surface area contributed by atoms with Crippen molar-refractivity contribution in [3.63, 3.8) is 0 Å². The van der Waals surface area contributed by atoms with E-state index in [1.54, 1.807) is 5.51 Å². The van der Waals surface area contributed by atoms with Crippen LogP contribution in [0.25, 0.3) is 0 Å². The van der Waals surface area contributed by atoms with Gasteiger partial charge in [0.15, 0.2) is 9.47 Å². The van der Waals surface area contributed by atoms with Crippen LogP contribution in [-0.4, -0.2) is 76.0 Å². The Balaban J connectivity index is 1.30. The van der Waals surface area contributed by atoms with E-state index < -0.39 is 29.2 Å². The highest BCUT2D eigenvalue weighted by molar-refractivity contribution is 8.01. The Labute approximate surface area is 231 Å². The Bertz CT molecular complexity index is 1410. The molecule has 0 bridgehead atoms. The number of carbonyl (C=O) groups is 3. The number of β-lactam (4-membered cyclic amide) rings is 1. The number of carboxylic acid groups (broad SMARTS) is 1. The van der Waals surface area contributed by atoms with Crippen molar-refractivity contribution < 1.29 is 24.3 Å². The maximum Gasteiger partial charge on any atom is 0.352 e. The molecule has 2 aliphatic heterocycles. The van der Waals surface area contributed by atoms with Gasteiger partial charge in [0.1, 0.15) is 29.2 Å². The molecule has 2 aliphatic rings. The molecule has 38 heavy (non-hydrogen) atoms. The number of amides is 2. The van der Waals surface area contributed by atoms with Crippen molar-refractivity contribution in [3.8, 4) is 0 Å². The van der Waals surface area contributed by atoms with E-state index in [2.05, 4.69) is 30.0 Å². The minimum atomic E-state index is -1.21. The first-order valence-corrected chi connectivity index (χ1v) is 14.5. The number of nitrogens with one attached hydrogen (secondary N) is 1. The standard InChI is InChI=1S/C21H18N8O5S4/c22-20-25-15(28-38-20)12(27-34-6-10-4-2-1-3-5-10)16(30)24-13-17(31)29-14(19(32)33)11(7-35-18(13)29)8-36-21-26-23-9-37-21/h1-5,9,13,18H,6-8H2,(H,24,30)(H,32,33)(H2,22,25,28)/t13?,18-/m0/s1. The van der Waals surface area contributed by atoms with E-state index in [0.717, 1.165) is 17.1 Å². The minimum Gasteiger partial charge on any atom is -0.477 e. The molecule has 2 atom stereocenters. The number of fused-ring (bicyclic) bond motifs is 1. The second-order valence-electron chi connectivity index (χ2n) is 7.77. The van der Waals surface area contributed by atoms with Crippen molar-refractivity contribution in [2.24, 2.45) is 5.16 Å². The van der Waals surface area contributed by atoms with Gasteiger partial charge in [-0.1, -0.05) is 58.6 Å². The molecule has 1 fully saturated rings. The molecule has 4 N–H and O–H groups in total. The van der Waals surface area contributed by atoms with Crippen molar-refractivity contribution in [1.82, 2.24) is 29.8 Å². The van der Waals surface area contributed by atoms with Crippen molar-refractivity contribution >= 4 is 75.0 Å². The van der Waals surface area contributed by atoms with Crippen LogP contribution in [0.2, 0.25) is 0 Å². The summed E-state index contributed by atoms with van der Waals surface area (Å²) in [6, 6.07) is 8.26. The third-order valence-corrected chi connectivity index (χ3v) is 9.17. The minimum absolute atomic E-state index is 0.0416. The van der Waals surface area contributed by atoms with Crippen LogP contribution in [0.15, 0.2) is 56.6 Å². The fourth-order valence-corrected chi connectivity index (χ4v) is 7.05. The van der Waals surface area contributed by atoms with Crippen LogP contribution in [0, 0.1) is 0 Å². The number of oxime groups is 1. The number of benzene rings is 1. The lowest BCUT2D eigenvalue weighted by molar-refractivity contribution is -0.150. The molecule has 17 heteroatoms. The van der Waals surface area contributed by atoms with Crippen LogP contribution >= 0.6 is 46.4 Å². The highest BCUT2D eigenvalue weighted by atomic mass is 32.2. The number of rotatable bonds is 10. The fraction of sp³-hybridized carbons (Fsp3) is 0.238. The smallest absolute Gasteiger partial charge is 0.352 e. The molecule has 0 saturated carbocycles. The zero-order valence-electron chi connectivity index (χ0n) is 19.2. The Kier molecular flexibility index (Phi) is 7.87. The van der Waals surface area contributed by atoms with E-state index in [0.29, 0.717) is 21.4 Å². The molecular formula is C21H18N8O5S4. The summed E-state index contributed by atoms with van der Waals surface area (Å²) < 4.78 is 4.74. The van der Waals surface area contributed by atoms with Crippen LogP contribution < -0.4 is 11.1 Å². The zero-order valence-corrected chi connectivity index (χ0v) is 22.5. The summed E-state index contributed by atoms with van der Waals surface area (Å²) in [6.07, 6.45) is 0. The van der Waals surface area contributed by atoms with Gasteiger partial charge in [0.2, 0.25) is 11.5 Å². The lowest BCUT2D eigenvalue weighted by Crippen LogP contribution is -2.71. The number of hydrogen-bond donors (Lipinski definition) is 3. The monoisotopic (exact) mass is 590 g/mol. The van der Waals surface area contributed by atoms with Gasteiger partial charge < -0.3 is 21.0 Å². The topological polar surface area (TPSA) is 186 Å². The average molecular weight is 591 g/mol. The number of nitrogens with zero attached hydrogens (tertiary/aromatic N) is 6. The molecule has 13 nitrogen and oxygen atoms in total. The van der Waals surface area contributed by atoms with Gasteiger partial charge in [-0.2, -0.15) is 9.36 Å². The number of carbonyl (C=O) groups excluding carboxylic acids is 2. The number of nitrogens with two attached hydrogens (primary N) is 1. The van der Waals surface area contributed by atoms with E-state index >= 15 is 0 Å². The predicted molar refractivity (Wildman–Crippen MR) is 142 cm³/mol. The van der Waals surface area contributed by atoms with Gasteiger partial charge in [0, 0.05) is 23.0 Å². The van der Waals surface area contributed by atoms with Gasteiger partial charge >= 0.3 is 5.97 Å². The van der Waals surface area contributed by atoms with E-state index in [4.69, 9.17) is 10.6 Å². The molecule has 5 rings (SSSR count). The van der Waals surface area contributed by atoms with Crippen LogP contribution in [0.5, 0.6) is 0 Å². The molecular weight excluding hydrogens is 573 g/mol. The van der Waals surface area contributed by atoms with E-state index in [-0.39, 0.29) is 29.0 Å². The number of thioether (sulfide) groups is 2. The second-order valence-corrected chi connectivity index (χ2v) is 11.7. The summed E-state index contributed by atoms with van der Waals surface area (Å²) >= 11 is 4.95. The number of aliphatic carboxylic acids is 1. The molecule has 1 unspecified atom stereocenters. The summed E-state index contributed by atoms with van der Waals surface area (Å²) in [6.45, 7) is 0.0937. The van der Waals surface area contributed by atoms with Gasteiger partial charge in [-0.05, 0) is 11.1 Å². The maximum atomic E-state index is 13.2. The highest BCUT2D eigenvalue weighted by Crippen LogP contribution is 2.41. The van der Waals surface area contributed by atoms with E-state index in [9.17, 15) is 19.5 Å². The number of carboxylic acids is 1. The van der Waals surface area contributed by atoms with Crippen molar-refractivity contribution in [2.75, 3.05) is 17.2 Å². The number of anilines is 1. The summed E-state index contributed by atoms with van der Waals surface area (Å²) in [7, 11) is 0. The van der Waals surface area contributed by atoms with E-state index in [1.165, 1.54) is 39.8 Å². The van der Waals surface area contributed by atoms with Crippen molar-refractivity contribution in [3.05, 3.63) is 58.5 Å². The lowest BCUT2D eigenvalue weighted by atomic mass is 10.0. The molecule has 1 aromatic carbocycles. The largest absolute Gasteiger partial charge is 0.477 e. The van der Waals surface area contributed by atoms with E-state index in [1.807, 2.05) is 30.3 Å². The first-order valence-electron chi connectivity index (χ1n) is 10.9. The molecule has 0 aliphatic carbocycles. The van der Waals surface area contributed by atoms with Crippen molar-refractivity contribution in [1.29, 1.82) is 0 Å². The summed E-state index contributed by atoms with van der Waals surface area (Å²) in [5.74, 6) is -1.81. The molecule has 196 valence electrons. The molecule has 2 amide bonds. The van der Waals surface area contributed by atoms with Gasteiger partial charge in [-0.3, -0.25) is 14.5 Å². The molecule has 0 spiro atoms. The number of nitrogen functional groups attached to an aromatic ring is 1. The maximum absolute atomic E-state index is 13.2. The quantitative estimate of drug-likeness (QED) is 0.134. The van der Waals surface area contributed by atoms with Crippen LogP contribution in [0.4, 0.5) is 5.13 Å². The molecule has 3 aromatic rings. The number of hydrogen-bond acceptors (Lipinski definition) is 14. The fourth-order valence-electron chi connectivity index (χ4n) is 3.64. The Hall–Kier alpha value is -3.54. The normalized spacial score (nSPS) is 19.1. The Morgan fingerprint density at radius 2 is 2.13 bits per heavy atom. The first kappa shape index (κ1) is 26.1. The van der Waals surface area contributed by atoms with Gasteiger partial charge in [-0.15, -0.1) is 22.0 Å². The van der Waals surface area contributed by atoms with Crippen molar-refractivity contribution in [2.45, 2.75) is 22.4 Å². The third-order valence-electron chi connectivity index (χ3n) is 5.34. The van der Waals surface area contributed by atoms with Crippen LogP contribution in [-0.2, 0) is 25.8 Å². The third kappa shape index (κ3) is 5.50. The predicted octanol–water partition coefficient (Wildman–Crippen LogP) is 1.42. The second kappa shape index (κ2) is 11.5. The van der Waals surface area contributed by atoms with Gasteiger partial charge in [0.25, 0.3) is 11.8 Å². The zero-order chi connectivity index (χ0) is 26.6. The first-order chi connectivity index (χ1) is 18.4. The Morgan fingerprint density at radius 3 is 2.82 bits per heavy atom. The van der Waals surface area contributed by atoms with Crippen LogP contribution in [0.1, 0.15) is 11.4 Å². The molecule has 1 saturated heterocycles. The molecule has 2 aromatic heterocycles. The summed E-state index contributed by atoms with van der Waals surface area (Å²) in [5.41, 5.74) is 8.38. The highest BCUT2D eigenvalue weighted by Gasteiger charge is 2.54. The number of aromatic nitrogens is 4. The lowest BCUT2D eigenvalue weighted by Gasteiger charge is -2.49. The van der Waals surface area contributed by atoms with Gasteiger partial charge in [-0.25, -0.2) is 4.79 Å². The molecule has 0 radical (unpaired) electrons. The average Bonchev–Trinajstić information content (AvgIpc) is 3.60. The summed E-state index contributed by atoms with van der Waals surface area (Å²) in [4.78, 5) is 48.9.